The minimum absolute atomic E-state index is 0.542. The van der Waals surface area contributed by atoms with E-state index < -0.39 is 13.5 Å². The summed E-state index contributed by atoms with van der Waals surface area (Å²) in [6.45, 7) is 0. The van der Waals surface area contributed by atoms with E-state index in [4.69, 9.17) is 24.1 Å². The average molecular weight is 988 g/mol. The van der Waals surface area contributed by atoms with Crippen molar-refractivity contribution in [2.75, 3.05) is 0 Å². The molecule has 2 aromatic heterocycles. The summed E-state index contributed by atoms with van der Waals surface area (Å²) in [4.78, 5) is 16.5. The second-order valence-electron chi connectivity index (χ2n) is 19.7. The third-order valence-electron chi connectivity index (χ3n) is 15.8. The van der Waals surface area contributed by atoms with E-state index in [-0.39, 0.29) is 0 Å². The third kappa shape index (κ3) is 6.61. The van der Waals surface area contributed by atoms with E-state index in [2.05, 4.69) is 261 Å². The molecule has 0 saturated carbocycles. The Morgan fingerprint density at radius 2 is 0.776 bits per heavy atom. The van der Waals surface area contributed by atoms with Crippen LogP contribution < -0.4 is 25.5 Å². The zero-order chi connectivity index (χ0) is 50.2. The van der Waals surface area contributed by atoms with E-state index in [0.29, 0.717) is 17.5 Å². The number of hydrogen-bond acceptors (Lipinski definition) is 5. The summed E-state index contributed by atoms with van der Waals surface area (Å²) in [5, 5.41) is 7.23. The van der Waals surface area contributed by atoms with Crippen LogP contribution in [0, 0.1) is 0 Å². The summed E-state index contributed by atoms with van der Waals surface area (Å²) < 4.78 is 13.3. The van der Waals surface area contributed by atoms with Gasteiger partial charge in [-0.2, -0.15) is 0 Å². The molecule has 5 nitrogen and oxygen atoms in total. The maximum atomic E-state index is 7.03. The molecule has 15 rings (SSSR count). The molecule has 6 heteroatoms. The van der Waals surface area contributed by atoms with Crippen molar-refractivity contribution in [3.63, 3.8) is 0 Å². The van der Waals surface area contributed by atoms with Gasteiger partial charge in [0.05, 0.1) is 5.41 Å². The zero-order valence-electron chi connectivity index (χ0n) is 41.1. The first-order chi connectivity index (χ1) is 37.7. The Bertz CT molecular complexity index is 4260. The van der Waals surface area contributed by atoms with Crippen LogP contribution in [-0.2, 0) is 5.41 Å². The fourth-order valence-electron chi connectivity index (χ4n) is 12.5. The van der Waals surface area contributed by atoms with Crippen LogP contribution in [0.5, 0.6) is 11.5 Å². The molecule has 0 saturated heterocycles. The lowest BCUT2D eigenvalue weighted by Gasteiger charge is -2.39. The number of nitrogens with zero attached hydrogens (tertiary/aromatic N) is 3. The fourth-order valence-corrected chi connectivity index (χ4v) is 17.3. The second-order valence-corrected chi connectivity index (χ2v) is 23.5. The molecule has 0 unspecified atom stereocenters. The van der Waals surface area contributed by atoms with Crippen molar-refractivity contribution < 1.29 is 9.15 Å². The highest BCUT2D eigenvalue weighted by Gasteiger charge is 2.51. The van der Waals surface area contributed by atoms with E-state index >= 15 is 0 Å². The molecule has 0 radical (unpaired) electrons. The van der Waals surface area contributed by atoms with Gasteiger partial charge in [-0.05, 0) is 84.5 Å². The number of aromatic nitrogens is 3. The van der Waals surface area contributed by atoms with Crippen molar-refractivity contribution in [2.45, 2.75) is 5.41 Å². The molecule has 76 heavy (non-hydrogen) atoms. The Labute approximate surface area is 441 Å². The molecule has 0 N–H and O–H groups in total. The van der Waals surface area contributed by atoms with Crippen LogP contribution >= 0.6 is 0 Å². The Morgan fingerprint density at radius 3 is 1.45 bits per heavy atom. The molecule has 11 aromatic carbocycles. The summed E-state index contributed by atoms with van der Waals surface area (Å²) in [5.41, 5.74) is 12.9. The first kappa shape index (κ1) is 43.8. The van der Waals surface area contributed by atoms with Gasteiger partial charge in [0.25, 0.3) is 0 Å². The Kier molecular flexibility index (Phi) is 10.1. The molecular weight excluding hydrogens is 943 g/mol. The van der Waals surface area contributed by atoms with Crippen LogP contribution in [-0.4, -0.2) is 23.0 Å². The number of hydrogen-bond donors (Lipinski definition) is 0. The van der Waals surface area contributed by atoms with Crippen LogP contribution in [0.25, 0.3) is 78.4 Å². The molecular formula is C70H45N3O2Si. The van der Waals surface area contributed by atoms with Gasteiger partial charge in [-0.3, -0.25) is 0 Å². The highest BCUT2D eigenvalue weighted by molar-refractivity contribution is 7.19. The zero-order valence-corrected chi connectivity index (χ0v) is 42.1. The molecule has 1 aliphatic carbocycles. The van der Waals surface area contributed by atoms with Gasteiger partial charge >= 0.3 is 0 Å². The number of para-hydroxylation sites is 2. The molecule has 0 bridgehead atoms. The quantitative estimate of drug-likeness (QED) is 0.112. The first-order valence-corrected chi connectivity index (χ1v) is 27.8. The van der Waals surface area contributed by atoms with E-state index in [0.717, 1.165) is 72.4 Å². The van der Waals surface area contributed by atoms with Gasteiger partial charge in [0.1, 0.15) is 22.7 Å². The van der Waals surface area contributed by atoms with Crippen molar-refractivity contribution in [1.82, 2.24) is 15.0 Å². The number of rotatable bonds is 8. The van der Waals surface area contributed by atoms with Gasteiger partial charge in [0.15, 0.2) is 25.5 Å². The van der Waals surface area contributed by atoms with Crippen molar-refractivity contribution in [3.05, 3.63) is 295 Å². The summed E-state index contributed by atoms with van der Waals surface area (Å²) >= 11 is 0. The summed E-state index contributed by atoms with van der Waals surface area (Å²) in [6.07, 6.45) is 0. The van der Waals surface area contributed by atoms with Crippen molar-refractivity contribution >= 4 is 50.8 Å². The van der Waals surface area contributed by atoms with Crippen molar-refractivity contribution in [3.8, 4) is 67.9 Å². The van der Waals surface area contributed by atoms with E-state index in [9.17, 15) is 0 Å². The highest BCUT2D eigenvalue weighted by Crippen LogP contribution is 2.62. The molecule has 2 aliphatic rings. The minimum atomic E-state index is -2.92. The summed E-state index contributed by atoms with van der Waals surface area (Å²) in [6, 6.07) is 97.7. The second kappa shape index (κ2) is 17.4. The van der Waals surface area contributed by atoms with E-state index in [1.807, 2.05) is 12.1 Å². The van der Waals surface area contributed by atoms with Gasteiger partial charge in [-0.15, -0.1) is 0 Å². The summed E-state index contributed by atoms with van der Waals surface area (Å²) in [7, 11) is -2.92. The number of ether oxygens (including phenoxy) is 1. The van der Waals surface area contributed by atoms with E-state index in [1.54, 1.807) is 0 Å². The first-order valence-electron chi connectivity index (χ1n) is 25.8. The topological polar surface area (TPSA) is 61.0 Å². The molecule has 0 atom stereocenters. The third-order valence-corrected chi connectivity index (χ3v) is 20.5. The van der Waals surface area contributed by atoms with Gasteiger partial charge in [-0.1, -0.05) is 243 Å². The Hall–Kier alpha value is -9.75. The van der Waals surface area contributed by atoms with Gasteiger partial charge in [0, 0.05) is 38.6 Å². The molecule has 356 valence electrons. The lowest BCUT2D eigenvalue weighted by Crippen LogP contribution is -2.74. The minimum Gasteiger partial charge on any atom is -0.457 e. The van der Waals surface area contributed by atoms with Crippen molar-refractivity contribution in [2.24, 2.45) is 0 Å². The van der Waals surface area contributed by atoms with Crippen LogP contribution in [0.3, 0.4) is 0 Å². The molecule has 3 heterocycles. The lowest BCUT2D eigenvalue weighted by molar-refractivity contribution is 0.436. The Balaban J connectivity index is 0.957. The predicted octanol–water partition coefficient (Wildman–Crippen LogP) is 14.3. The number of benzene rings is 11. The maximum absolute atomic E-state index is 7.03. The molecule has 13 aromatic rings. The molecule has 0 fully saturated rings. The van der Waals surface area contributed by atoms with Crippen LogP contribution in [0.4, 0.5) is 0 Å². The molecule has 0 amide bonds. The Morgan fingerprint density at radius 1 is 0.289 bits per heavy atom. The number of furan rings is 1. The highest BCUT2D eigenvalue weighted by atomic mass is 28.3. The van der Waals surface area contributed by atoms with Gasteiger partial charge in [0.2, 0.25) is 0 Å². The smallest absolute Gasteiger partial charge is 0.179 e. The molecule has 1 spiro atoms. The maximum Gasteiger partial charge on any atom is 0.179 e. The normalized spacial score (nSPS) is 12.9. The standard InChI is InChI=1S/C70H45N3O2Si/c1-4-22-49(23-5-1)76(50-24-6-2-7-25-50,51-26-8-3-9-27-51)52-28-20-21-47(43-52)67-71-68(73-69(72-67)57-33-11-10-29-53(57)46-40-42-64-58(44-46)56-32-14-18-37-63(56)74-64)48-39-41-62-66(45-48)75-65-38-19-17-36-61(65)70(62)59-34-15-12-30-54(59)55-31-13-16-35-60(55)70/h1-45H. The van der Waals surface area contributed by atoms with Crippen molar-refractivity contribution in [1.29, 1.82) is 0 Å². The van der Waals surface area contributed by atoms with Crippen LogP contribution in [0.15, 0.2) is 277 Å². The molecule has 1 aliphatic heterocycles. The van der Waals surface area contributed by atoms with E-state index in [1.165, 1.54) is 43.0 Å². The SMILES string of the molecule is c1ccc([Si](c2ccccc2)(c2ccccc2)c2cccc(-c3nc(-c4ccc5c(c4)Oc4ccccc4C54c5ccccc5-c5ccccc54)nc(-c4ccccc4-c4ccc5oc6ccccc6c5c4)n3)c2)cc1. The largest absolute Gasteiger partial charge is 0.457 e. The van der Waals surface area contributed by atoms with Crippen LogP contribution in [0.1, 0.15) is 22.3 Å². The van der Waals surface area contributed by atoms with Gasteiger partial charge < -0.3 is 9.15 Å². The predicted molar refractivity (Wildman–Crippen MR) is 310 cm³/mol. The monoisotopic (exact) mass is 987 g/mol. The lowest BCUT2D eigenvalue weighted by atomic mass is 9.66. The number of fused-ring (bicyclic) bond motifs is 12. The fraction of sp³-hybridized carbons (Fsp3) is 0.0143. The average Bonchev–Trinajstić information content (AvgIpc) is 4.04. The summed E-state index contributed by atoms with van der Waals surface area (Å²) in [5.74, 6) is 3.27. The van der Waals surface area contributed by atoms with Gasteiger partial charge in [-0.25, -0.2) is 15.0 Å². The van der Waals surface area contributed by atoms with Crippen LogP contribution in [0.2, 0.25) is 0 Å².